The molecular weight excluding hydrogens is 562 g/mol. The first kappa shape index (κ1) is 35.6. The van der Waals surface area contributed by atoms with Gasteiger partial charge in [0.1, 0.15) is 22.8 Å². The molecule has 0 N–H and O–H groups in total. The second-order valence-electron chi connectivity index (χ2n) is 12.4. The lowest BCUT2D eigenvalue weighted by molar-refractivity contribution is -0.142. The summed E-state index contributed by atoms with van der Waals surface area (Å²) in [5.41, 5.74) is 4.27. The fourth-order valence-corrected chi connectivity index (χ4v) is 5.27. The molecule has 0 atom stereocenters. The van der Waals surface area contributed by atoms with Crippen LogP contribution in [0.4, 0.5) is 5.69 Å². The average molecular weight is 615 g/mol. The molecule has 0 saturated heterocycles. The van der Waals surface area contributed by atoms with Gasteiger partial charge >= 0.3 is 5.97 Å². The number of unbranched alkanes of at least 4 members (excludes halogenated alkanes) is 6. The van der Waals surface area contributed by atoms with E-state index < -0.39 is 0 Å². The number of ketones is 1. The van der Waals surface area contributed by atoms with Crippen LogP contribution in [0, 0.1) is 0 Å². The fraction of sp³-hybridized carbons (Fsp3) is 0.436. The van der Waals surface area contributed by atoms with Gasteiger partial charge in [-0.25, -0.2) is 0 Å². The Labute approximate surface area is 269 Å². The molecule has 6 nitrogen and oxygen atoms in total. The van der Waals surface area contributed by atoms with Gasteiger partial charge in [0.2, 0.25) is 0 Å². The molecule has 0 aliphatic carbocycles. The predicted octanol–water partition coefficient (Wildman–Crippen LogP) is 9.34. The third-order valence-corrected chi connectivity index (χ3v) is 7.90. The van der Waals surface area contributed by atoms with Gasteiger partial charge in [-0.05, 0) is 67.3 Å². The van der Waals surface area contributed by atoms with E-state index in [0.717, 1.165) is 90.3 Å². The van der Waals surface area contributed by atoms with Crippen molar-refractivity contribution in [3.8, 4) is 5.75 Å². The molecule has 0 aliphatic rings. The number of quaternary nitrogens is 1. The highest BCUT2D eigenvalue weighted by Gasteiger charge is 2.21. The fourth-order valence-electron chi connectivity index (χ4n) is 5.27. The Morgan fingerprint density at radius 1 is 0.756 bits per heavy atom. The van der Waals surface area contributed by atoms with Crippen LogP contribution in [-0.4, -0.2) is 46.1 Å². The zero-order valence-corrected chi connectivity index (χ0v) is 26.9. The van der Waals surface area contributed by atoms with E-state index in [4.69, 9.17) is 13.9 Å². The van der Waals surface area contributed by atoms with Gasteiger partial charge in [0.15, 0.2) is 5.78 Å². The van der Waals surface area contributed by atoms with Crippen molar-refractivity contribution in [2.24, 2.45) is 0 Å². The van der Waals surface area contributed by atoms with Gasteiger partial charge in [0.25, 0.3) is 0 Å². The molecule has 45 heavy (non-hydrogen) atoms. The molecule has 0 aliphatic heterocycles. The number of hydrogen-bond donors (Lipinski definition) is 0. The Morgan fingerprint density at radius 3 is 2.07 bits per heavy atom. The van der Waals surface area contributed by atoms with Crippen LogP contribution in [0.2, 0.25) is 0 Å². The highest BCUT2D eigenvalue weighted by molar-refractivity contribution is 6.16. The van der Waals surface area contributed by atoms with E-state index >= 15 is 0 Å². The van der Waals surface area contributed by atoms with Crippen LogP contribution in [0.3, 0.4) is 0 Å². The second kappa shape index (κ2) is 17.6. The molecule has 4 aromatic rings. The molecule has 0 amide bonds. The van der Waals surface area contributed by atoms with Gasteiger partial charge < -0.3 is 13.9 Å². The van der Waals surface area contributed by atoms with E-state index in [-0.39, 0.29) is 19.2 Å². The van der Waals surface area contributed by atoms with E-state index in [0.29, 0.717) is 30.8 Å². The van der Waals surface area contributed by atoms with E-state index in [9.17, 15) is 9.59 Å². The highest BCUT2D eigenvalue weighted by atomic mass is 16.5. The van der Waals surface area contributed by atoms with Gasteiger partial charge in [-0.2, -0.15) is 0 Å². The van der Waals surface area contributed by atoms with Crippen LogP contribution in [-0.2, 0) is 22.4 Å². The zero-order chi connectivity index (χ0) is 31.4. The topological polar surface area (TPSA) is 65.7 Å². The number of carbonyl (C=O) groups excluding carboxylic acids is 2. The molecule has 0 unspecified atom stereocenters. The monoisotopic (exact) mass is 614 g/mol. The maximum atomic E-state index is 13.5. The Hall–Kier alpha value is -3.90. The number of ether oxygens (including phenoxy) is 2. The van der Waals surface area contributed by atoms with Crippen LogP contribution in [0.15, 0.2) is 77.2 Å². The minimum Gasteiger partial charge on any atom is -0.494 e. The molecule has 0 fully saturated rings. The lowest BCUT2D eigenvalue weighted by Gasteiger charge is -2.23. The molecule has 0 bridgehead atoms. The van der Waals surface area contributed by atoms with Crippen LogP contribution < -0.4 is 9.22 Å². The van der Waals surface area contributed by atoms with Gasteiger partial charge in [0.05, 0.1) is 46.3 Å². The minimum absolute atomic E-state index is 0. The van der Waals surface area contributed by atoms with Crippen molar-refractivity contribution in [3.63, 3.8) is 0 Å². The lowest BCUT2D eigenvalue weighted by Crippen LogP contribution is -2.34. The first-order chi connectivity index (χ1) is 21.3. The van der Waals surface area contributed by atoms with Crippen LogP contribution in [0.25, 0.3) is 11.0 Å². The molecule has 1 aromatic heterocycles. The van der Waals surface area contributed by atoms with E-state index in [2.05, 4.69) is 40.2 Å². The van der Waals surface area contributed by atoms with E-state index in [1.807, 2.05) is 60.7 Å². The standard InChI is InChI=1S/C38H48NO5.CH4/c1-5-6-16-35-37(33-15-11-12-17-34(33)44-35)38(41)30-20-24-32(25-21-30)42-26-13-9-7-8-10-14-27-43-36(40)28-29-18-22-31(23-19-29)39(2,3)4;/h11-12,15,17-25H,5-10,13-14,16,26-28H2,1-4H3;1H4/q+1;. The lowest BCUT2D eigenvalue weighted by atomic mass is 9.98. The zero-order valence-electron chi connectivity index (χ0n) is 26.9. The summed E-state index contributed by atoms with van der Waals surface area (Å²) >= 11 is 0. The quantitative estimate of drug-likeness (QED) is 0.0484. The molecular formula is C39H52NO5+. The maximum absolute atomic E-state index is 13.5. The number of para-hydroxylation sites is 1. The average Bonchev–Trinajstić information content (AvgIpc) is 3.39. The van der Waals surface area contributed by atoms with Crippen molar-refractivity contribution < 1.29 is 23.5 Å². The number of hydrogen-bond acceptors (Lipinski definition) is 5. The number of esters is 1. The molecule has 242 valence electrons. The van der Waals surface area contributed by atoms with Crippen LogP contribution in [0.5, 0.6) is 5.75 Å². The van der Waals surface area contributed by atoms with Gasteiger partial charge in [-0.1, -0.05) is 76.8 Å². The summed E-state index contributed by atoms with van der Waals surface area (Å²) in [6, 6.07) is 23.4. The normalized spacial score (nSPS) is 11.3. The van der Waals surface area contributed by atoms with Crippen LogP contribution >= 0.6 is 0 Å². The van der Waals surface area contributed by atoms with Crippen molar-refractivity contribution >= 4 is 28.4 Å². The molecule has 0 radical (unpaired) electrons. The summed E-state index contributed by atoms with van der Waals surface area (Å²) in [6.07, 6.45) is 9.35. The third-order valence-electron chi connectivity index (χ3n) is 7.90. The second-order valence-corrected chi connectivity index (χ2v) is 12.4. The summed E-state index contributed by atoms with van der Waals surface area (Å²) in [6.45, 7) is 3.27. The van der Waals surface area contributed by atoms with Crippen molar-refractivity contribution in [1.82, 2.24) is 4.48 Å². The van der Waals surface area contributed by atoms with Crippen molar-refractivity contribution in [2.75, 3.05) is 34.4 Å². The largest absolute Gasteiger partial charge is 0.494 e. The highest BCUT2D eigenvalue weighted by Crippen LogP contribution is 2.30. The molecule has 0 saturated carbocycles. The number of nitrogens with zero attached hydrogens (tertiary/aromatic N) is 1. The van der Waals surface area contributed by atoms with Crippen LogP contribution in [0.1, 0.15) is 93.0 Å². The third kappa shape index (κ3) is 10.6. The molecule has 4 rings (SSSR count). The Balaban J connectivity index is 0.00000552. The number of rotatable bonds is 18. The first-order valence-corrected chi connectivity index (χ1v) is 16.1. The molecule has 1 heterocycles. The molecule has 0 spiro atoms. The Kier molecular flexibility index (Phi) is 13.9. The van der Waals surface area contributed by atoms with Crippen molar-refractivity contribution in [3.05, 3.63) is 95.2 Å². The molecule has 3 aromatic carbocycles. The van der Waals surface area contributed by atoms with E-state index in [1.165, 1.54) is 5.69 Å². The summed E-state index contributed by atoms with van der Waals surface area (Å²) in [5, 5.41) is 0.877. The number of carbonyl (C=O) groups is 2. The van der Waals surface area contributed by atoms with Gasteiger partial charge in [-0.15, -0.1) is 0 Å². The number of aryl methyl sites for hydroxylation is 1. The summed E-state index contributed by atoms with van der Waals surface area (Å²) < 4.78 is 18.2. The van der Waals surface area contributed by atoms with Gasteiger partial charge in [0, 0.05) is 17.4 Å². The SMILES string of the molecule is C.CCCCc1oc2ccccc2c1C(=O)c1ccc(OCCCCCCCCOC(=O)Cc2ccc([N+](C)(C)C)cc2)cc1. The Bertz CT molecular complexity index is 1480. The minimum atomic E-state index is -0.163. The summed E-state index contributed by atoms with van der Waals surface area (Å²) in [4.78, 5) is 25.6. The Morgan fingerprint density at radius 2 is 1.40 bits per heavy atom. The summed E-state index contributed by atoms with van der Waals surface area (Å²) in [7, 11) is 6.36. The first-order valence-electron chi connectivity index (χ1n) is 16.1. The predicted molar refractivity (Wildman–Crippen MR) is 185 cm³/mol. The van der Waals surface area contributed by atoms with Crippen molar-refractivity contribution in [2.45, 2.75) is 78.6 Å². The van der Waals surface area contributed by atoms with Crippen molar-refractivity contribution in [1.29, 1.82) is 0 Å². The van der Waals surface area contributed by atoms with E-state index in [1.54, 1.807) is 0 Å². The maximum Gasteiger partial charge on any atom is 0.310 e. The summed E-state index contributed by atoms with van der Waals surface area (Å²) in [5.74, 6) is 1.38. The number of benzene rings is 3. The number of fused-ring (bicyclic) bond motifs is 1. The van der Waals surface area contributed by atoms with Gasteiger partial charge in [-0.3, -0.25) is 14.1 Å². The smallest absolute Gasteiger partial charge is 0.310 e. The molecule has 6 heteroatoms. The number of furan rings is 1.